The number of methoxy groups -OCH3 is 1. The van der Waals surface area contributed by atoms with Crippen LogP contribution in [0.1, 0.15) is 6.42 Å². The Morgan fingerprint density at radius 3 is 2.00 bits per heavy atom. The fourth-order valence-electron chi connectivity index (χ4n) is 2.94. The average Bonchev–Trinajstić information content (AvgIpc) is 2.60. The Labute approximate surface area is 144 Å². The third-order valence-corrected chi connectivity index (χ3v) is 6.74. The molecule has 2 N–H and O–H groups in total. The summed E-state index contributed by atoms with van der Waals surface area (Å²) in [7, 11) is 0.0895. The first-order valence-electron chi connectivity index (χ1n) is 8.33. The van der Waals surface area contributed by atoms with Crippen molar-refractivity contribution in [3.63, 3.8) is 0 Å². The molecule has 9 nitrogen and oxygen atoms in total. The first kappa shape index (κ1) is 19.5. The minimum Gasteiger partial charge on any atom is -0.380 e. The molecule has 1 unspecified atom stereocenters. The van der Waals surface area contributed by atoms with Gasteiger partial charge in [0.2, 0.25) is 5.91 Å². The molecule has 24 heavy (non-hydrogen) atoms. The fraction of sp³-hybridized carbons (Fsp3) is 0.929. The number of rotatable bonds is 6. The summed E-state index contributed by atoms with van der Waals surface area (Å²) in [6, 6.07) is 0. The molecule has 2 heterocycles. The minimum atomic E-state index is -3.43. The molecule has 0 aromatic rings. The summed E-state index contributed by atoms with van der Waals surface area (Å²) in [6.07, 6.45) is -0.0531. The van der Waals surface area contributed by atoms with Gasteiger partial charge in [-0.05, 0) is 7.05 Å². The molecule has 1 amide bonds. The molecule has 1 atom stereocenters. The number of ether oxygens (including phenoxy) is 1. The largest absolute Gasteiger partial charge is 0.380 e. The molecule has 0 radical (unpaired) electrons. The lowest BCUT2D eigenvalue weighted by atomic mass is 10.2. The lowest BCUT2D eigenvalue weighted by Crippen LogP contribution is -2.57. The molecule has 0 aliphatic carbocycles. The van der Waals surface area contributed by atoms with Crippen molar-refractivity contribution in [2.45, 2.75) is 12.5 Å². The fourth-order valence-corrected chi connectivity index (χ4v) is 4.51. The number of nitrogens with two attached hydrogens (primary N) is 1. The van der Waals surface area contributed by atoms with Gasteiger partial charge in [-0.2, -0.15) is 17.0 Å². The quantitative estimate of drug-likeness (QED) is 0.585. The van der Waals surface area contributed by atoms with E-state index in [-0.39, 0.29) is 18.4 Å². The highest BCUT2D eigenvalue weighted by Crippen LogP contribution is 2.15. The van der Waals surface area contributed by atoms with Crippen LogP contribution in [0.25, 0.3) is 0 Å². The highest BCUT2D eigenvalue weighted by Gasteiger charge is 2.34. The zero-order valence-electron chi connectivity index (χ0n) is 14.6. The second kappa shape index (κ2) is 8.54. The molecular formula is C14H29N5O4S. The van der Waals surface area contributed by atoms with Gasteiger partial charge in [0, 0.05) is 66.0 Å². The van der Waals surface area contributed by atoms with Gasteiger partial charge in [0.25, 0.3) is 10.2 Å². The van der Waals surface area contributed by atoms with Gasteiger partial charge in [0.15, 0.2) is 0 Å². The van der Waals surface area contributed by atoms with E-state index in [0.717, 1.165) is 13.1 Å². The molecule has 2 aliphatic heterocycles. The lowest BCUT2D eigenvalue weighted by Gasteiger charge is -2.39. The van der Waals surface area contributed by atoms with Crippen molar-refractivity contribution in [3.05, 3.63) is 0 Å². The number of carbonyl (C=O) groups excluding carboxylic acids is 1. The van der Waals surface area contributed by atoms with Gasteiger partial charge in [0.05, 0.1) is 12.5 Å². The van der Waals surface area contributed by atoms with Crippen LogP contribution in [0.4, 0.5) is 0 Å². The maximum atomic E-state index is 12.7. The zero-order chi connectivity index (χ0) is 17.7. The van der Waals surface area contributed by atoms with Gasteiger partial charge in [-0.3, -0.25) is 4.79 Å². The summed E-state index contributed by atoms with van der Waals surface area (Å²) in [5, 5.41) is 0. The van der Waals surface area contributed by atoms with E-state index in [1.165, 1.54) is 11.4 Å². The van der Waals surface area contributed by atoms with Crippen LogP contribution in [0.15, 0.2) is 0 Å². The van der Waals surface area contributed by atoms with Crippen molar-refractivity contribution >= 4 is 16.1 Å². The van der Waals surface area contributed by atoms with Crippen LogP contribution < -0.4 is 5.73 Å². The summed E-state index contributed by atoms with van der Waals surface area (Å²) in [6.45, 7) is 4.30. The maximum absolute atomic E-state index is 12.7. The van der Waals surface area contributed by atoms with Crippen molar-refractivity contribution in [1.82, 2.24) is 18.4 Å². The van der Waals surface area contributed by atoms with Gasteiger partial charge in [0.1, 0.15) is 0 Å². The maximum Gasteiger partial charge on any atom is 0.282 e. The number of amides is 1. The van der Waals surface area contributed by atoms with Crippen LogP contribution in [-0.4, -0.2) is 112 Å². The van der Waals surface area contributed by atoms with E-state index in [1.54, 1.807) is 9.21 Å². The van der Waals surface area contributed by atoms with E-state index in [4.69, 9.17) is 10.5 Å². The van der Waals surface area contributed by atoms with Gasteiger partial charge in [-0.1, -0.05) is 0 Å². The van der Waals surface area contributed by atoms with Crippen LogP contribution in [0.2, 0.25) is 0 Å². The molecule has 2 rings (SSSR count). The average molecular weight is 363 g/mol. The van der Waals surface area contributed by atoms with Crippen LogP contribution >= 0.6 is 0 Å². The summed E-state index contributed by atoms with van der Waals surface area (Å²) in [5.74, 6) is -0.0380. The lowest BCUT2D eigenvalue weighted by molar-refractivity contribution is -0.134. The molecular weight excluding hydrogens is 334 g/mol. The molecule has 10 heteroatoms. The number of hydrogen-bond acceptors (Lipinski definition) is 6. The monoisotopic (exact) mass is 363 g/mol. The van der Waals surface area contributed by atoms with Gasteiger partial charge in [-0.25, -0.2) is 0 Å². The van der Waals surface area contributed by atoms with E-state index < -0.39 is 10.2 Å². The van der Waals surface area contributed by atoms with Crippen LogP contribution in [0, 0.1) is 0 Å². The van der Waals surface area contributed by atoms with E-state index in [9.17, 15) is 13.2 Å². The highest BCUT2D eigenvalue weighted by atomic mass is 32.2. The summed E-state index contributed by atoms with van der Waals surface area (Å²) >= 11 is 0. The number of likely N-dealkylation sites (N-methyl/N-ethyl adjacent to an activating group) is 1. The van der Waals surface area contributed by atoms with E-state index in [1.807, 2.05) is 7.05 Å². The van der Waals surface area contributed by atoms with Crippen LogP contribution in [0.3, 0.4) is 0 Å². The van der Waals surface area contributed by atoms with Crippen LogP contribution in [-0.2, 0) is 19.7 Å². The third kappa shape index (κ3) is 4.64. The predicted octanol–water partition coefficient (Wildman–Crippen LogP) is -2.01. The number of piperazine rings is 2. The second-order valence-electron chi connectivity index (χ2n) is 6.29. The van der Waals surface area contributed by atoms with Gasteiger partial charge in [-0.15, -0.1) is 0 Å². The molecule has 2 fully saturated rings. The molecule has 2 aliphatic rings. The molecule has 0 bridgehead atoms. The summed E-state index contributed by atoms with van der Waals surface area (Å²) in [5.41, 5.74) is 5.54. The Hall–Kier alpha value is -0.780. The zero-order valence-corrected chi connectivity index (χ0v) is 15.4. The van der Waals surface area contributed by atoms with Gasteiger partial charge < -0.3 is 20.3 Å². The number of carbonyl (C=O) groups is 1. The molecule has 0 aromatic heterocycles. The topological polar surface area (TPSA) is 99.4 Å². The molecule has 0 aromatic carbocycles. The highest BCUT2D eigenvalue weighted by molar-refractivity contribution is 7.86. The normalized spacial score (nSPS) is 23.4. The van der Waals surface area contributed by atoms with E-state index in [0.29, 0.717) is 45.8 Å². The number of hydrogen-bond donors (Lipinski definition) is 1. The van der Waals surface area contributed by atoms with Crippen molar-refractivity contribution in [2.75, 3.05) is 73.1 Å². The summed E-state index contributed by atoms with van der Waals surface area (Å²) < 4.78 is 33.5. The molecule has 0 spiro atoms. The first-order valence-corrected chi connectivity index (χ1v) is 9.72. The van der Waals surface area contributed by atoms with E-state index in [2.05, 4.69) is 4.90 Å². The van der Waals surface area contributed by atoms with Crippen molar-refractivity contribution in [1.29, 1.82) is 0 Å². The molecule has 2 saturated heterocycles. The van der Waals surface area contributed by atoms with Crippen molar-refractivity contribution < 1.29 is 17.9 Å². The van der Waals surface area contributed by atoms with Crippen molar-refractivity contribution in [2.24, 2.45) is 5.73 Å². The van der Waals surface area contributed by atoms with Crippen LogP contribution in [0.5, 0.6) is 0 Å². The Balaban J connectivity index is 1.86. The summed E-state index contributed by atoms with van der Waals surface area (Å²) in [4.78, 5) is 16.0. The minimum absolute atomic E-state index is 0.0380. The van der Waals surface area contributed by atoms with Crippen molar-refractivity contribution in [3.8, 4) is 0 Å². The smallest absolute Gasteiger partial charge is 0.282 e. The standard InChI is InChI=1S/C14H29N5O4S/c1-16-3-7-18(8-4-16)24(21,22)19-9-5-17(6-10-19)14(20)11-13(12-15)23-2/h13H,3-12,15H2,1-2H3. The third-order valence-electron chi connectivity index (χ3n) is 4.70. The number of nitrogens with zero attached hydrogens (tertiary/aromatic N) is 4. The second-order valence-corrected chi connectivity index (χ2v) is 8.22. The Kier molecular flexibility index (Phi) is 6.96. The SMILES string of the molecule is COC(CN)CC(=O)N1CCN(S(=O)(=O)N2CCN(C)CC2)CC1. The van der Waals surface area contributed by atoms with Gasteiger partial charge >= 0.3 is 0 Å². The predicted molar refractivity (Wildman–Crippen MR) is 90.6 cm³/mol. The Morgan fingerprint density at radius 1 is 1.04 bits per heavy atom. The Morgan fingerprint density at radius 2 is 1.54 bits per heavy atom. The van der Waals surface area contributed by atoms with E-state index >= 15 is 0 Å². The Bertz CT molecular complexity index is 509. The molecule has 140 valence electrons. The molecule has 0 saturated carbocycles. The first-order chi connectivity index (χ1) is 11.4.